The van der Waals surface area contributed by atoms with E-state index < -0.39 is 41.1 Å². The number of halogens is 4. The second kappa shape index (κ2) is 4.88. The Kier molecular flexibility index (Phi) is 3.88. The lowest BCUT2D eigenvalue weighted by atomic mass is 10.0. The highest BCUT2D eigenvalue weighted by molar-refractivity contribution is 6.09. The molecule has 1 aromatic carbocycles. The van der Waals surface area contributed by atoms with E-state index >= 15 is 0 Å². The number of hydrogen-bond acceptors (Lipinski definition) is 2. The maximum atomic E-state index is 13.3. The van der Waals surface area contributed by atoms with Gasteiger partial charge in [-0.3, -0.25) is 9.59 Å². The number of carbonyl (C=O) groups is 2. The van der Waals surface area contributed by atoms with Crippen molar-refractivity contribution < 1.29 is 27.2 Å². The molecule has 0 heterocycles. The summed E-state index contributed by atoms with van der Waals surface area (Å²) < 4.78 is 51.6. The molecule has 1 rings (SSSR count). The minimum Gasteiger partial charge on any atom is -0.294 e. The molecule has 0 amide bonds. The lowest BCUT2D eigenvalue weighted by Gasteiger charge is -2.09. The van der Waals surface area contributed by atoms with Crippen LogP contribution in [0.25, 0.3) is 0 Å². The highest BCUT2D eigenvalue weighted by Gasteiger charge is 2.34. The molecule has 18 heavy (non-hydrogen) atoms. The van der Waals surface area contributed by atoms with Gasteiger partial charge in [0.2, 0.25) is 5.78 Å². The second-order valence-electron chi connectivity index (χ2n) is 3.99. The molecule has 0 saturated carbocycles. The molecule has 2 nitrogen and oxygen atoms in total. The summed E-state index contributed by atoms with van der Waals surface area (Å²) in [5.74, 6) is -8.34. The van der Waals surface area contributed by atoms with Crippen LogP contribution in [0.3, 0.4) is 0 Å². The fourth-order valence-corrected chi connectivity index (χ4v) is 1.26. The predicted molar refractivity (Wildman–Crippen MR) is 55.7 cm³/mol. The van der Waals surface area contributed by atoms with Gasteiger partial charge >= 0.3 is 5.92 Å². The van der Waals surface area contributed by atoms with Gasteiger partial charge in [-0.05, 0) is 24.6 Å². The van der Waals surface area contributed by atoms with Gasteiger partial charge in [-0.1, -0.05) is 0 Å². The van der Waals surface area contributed by atoms with E-state index in [9.17, 15) is 27.2 Å². The smallest absolute Gasteiger partial charge is 0.294 e. The fourth-order valence-electron chi connectivity index (χ4n) is 1.26. The van der Waals surface area contributed by atoms with Crippen molar-refractivity contribution in [1.29, 1.82) is 0 Å². The Morgan fingerprint density at radius 1 is 1.17 bits per heavy atom. The summed E-state index contributed by atoms with van der Waals surface area (Å²) >= 11 is 0. The molecule has 0 fully saturated rings. The van der Waals surface area contributed by atoms with Crippen LogP contribution in [-0.2, 0) is 4.79 Å². The molecule has 0 radical (unpaired) electrons. The third-order valence-corrected chi connectivity index (χ3v) is 2.36. The summed E-state index contributed by atoms with van der Waals surface area (Å²) in [5.41, 5.74) is -0.716. The average molecular weight is 262 g/mol. The third-order valence-electron chi connectivity index (χ3n) is 2.36. The van der Waals surface area contributed by atoms with Crippen molar-refractivity contribution in [3.8, 4) is 0 Å². The van der Waals surface area contributed by atoms with E-state index in [0.29, 0.717) is 13.0 Å². The van der Waals surface area contributed by atoms with Crippen molar-refractivity contribution in [2.45, 2.75) is 26.2 Å². The minimum absolute atomic E-state index is 0.0174. The number of alkyl halides is 2. The summed E-state index contributed by atoms with van der Waals surface area (Å²) in [6.45, 7) is 1.63. The van der Waals surface area contributed by atoms with Crippen LogP contribution in [0.5, 0.6) is 0 Å². The van der Waals surface area contributed by atoms with Crippen LogP contribution in [0.2, 0.25) is 0 Å². The molecule has 0 aliphatic rings. The van der Waals surface area contributed by atoms with Gasteiger partial charge in [0.05, 0.1) is 12.0 Å². The van der Waals surface area contributed by atoms with E-state index in [2.05, 4.69) is 0 Å². The second-order valence-corrected chi connectivity index (χ2v) is 3.99. The van der Waals surface area contributed by atoms with E-state index in [1.165, 1.54) is 6.92 Å². The van der Waals surface area contributed by atoms with Gasteiger partial charge in [-0.25, -0.2) is 8.78 Å². The van der Waals surface area contributed by atoms with Crippen LogP contribution in [0.4, 0.5) is 17.6 Å². The minimum atomic E-state index is -3.67. The van der Waals surface area contributed by atoms with E-state index in [-0.39, 0.29) is 5.56 Å². The Bertz CT molecular complexity index is 504. The number of benzene rings is 1. The van der Waals surface area contributed by atoms with Gasteiger partial charge in [-0.15, -0.1) is 0 Å². The molecule has 1 aromatic rings. The SMILES string of the molecule is Cc1cc(F)c(C(=O)CC(=O)C(C)(F)F)cc1F. The molecule has 0 unspecified atom stereocenters. The maximum Gasteiger partial charge on any atom is 0.303 e. The Morgan fingerprint density at radius 3 is 2.22 bits per heavy atom. The van der Waals surface area contributed by atoms with E-state index in [1.54, 1.807) is 0 Å². The lowest BCUT2D eigenvalue weighted by molar-refractivity contribution is -0.139. The average Bonchev–Trinajstić information content (AvgIpc) is 2.21. The molecular weight excluding hydrogens is 252 g/mol. The molecule has 0 spiro atoms. The Labute approximate surface area is 101 Å². The van der Waals surface area contributed by atoms with Gasteiger partial charge in [0.1, 0.15) is 11.6 Å². The van der Waals surface area contributed by atoms with Crippen molar-refractivity contribution in [2.75, 3.05) is 0 Å². The van der Waals surface area contributed by atoms with Gasteiger partial charge in [-0.2, -0.15) is 8.78 Å². The first kappa shape index (κ1) is 14.3. The van der Waals surface area contributed by atoms with E-state index in [1.807, 2.05) is 0 Å². The monoisotopic (exact) mass is 262 g/mol. The summed E-state index contributed by atoms with van der Waals surface area (Å²) in [7, 11) is 0. The van der Waals surface area contributed by atoms with E-state index in [4.69, 9.17) is 0 Å². The molecular formula is C12H10F4O2. The topological polar surface area (TPSA) is 34.1 Å². The van der Waals surface area contributed by atoms with Crippen molar-refractivity contribution in [2.24, 2.45) is 0 Å². The first-order valence-corrected chi connectivity index (χ1v) is 5.03. The third kappa shape index (κ3) is 3.15. The van der Waals surface area contributed by atoms with Crippen LogP contribution < -0.4 is 0 Å². The molecule has 98 valence electrons. The molecule has 0 aliphatic heterocycles. The zero-order valence-corrected chi connectivity index (χ0v) is 9.69. The summed E-state index contributed by atoms with van der Waals surface area (Å²) in [6, 6.07) is 1.38. The number of rotatable bonds is 4. The van der Waals surface area contributed by atoms with Gasteiger partial charge in [0, 0.05) is 6.92 Å². The number of Topliss-reactive ketones (excluding diaryl/α,β-unsaturated/α-hetero) is 2. The molecule has 0 aliphatic carbocycles. The molecule has 0 aromatic heterocycles. The predicted octanol–water partition coefficient (Wildman–Crippen LogP) is 3.07. The van der Waals surface area contributed by atoms with Gasteiger partial charge in [0.25, 0.3) is 0 Å². The molecule has 0 saturated heterocycles. The van der Waals surface area contributed by atoms with Crippen LogP contribution in [0, 0.1) is 18.6 Å². The highest BCUT2D eigenvalue weighted by Crippen LogP contribution is 2.20. The van der Waals surface area contributed by atoms with Crippen LogP contribution >= 0.6 is 0 Å². The van der Waals surface area contributed by atoms with Crippen molar-refractivity contribution in [3.05, 3.63) is 34.9 Å². The van der Waals surface area contributed by atoms with Crippen LogP contribution in [0.15, 0.2) is 12.1 Å². The molecule has 0 atom stereocenters. The Morgan fingerprint density at radius 2 is 1.72 bits per heavy atom. The van der Waals surface area contributed by atoms with Gasteiger partial charge in [0.15, 0.2) is 5.78 Å². The van der Waals surface area contributed by atoms with Gasteiger partial charge < -0.3 is 0 Å². The Hall–Kier alpha value is -1.72. The Balaban J connectivity index is 2.99. The van der Waals surface area contributed by atoms with Crippen molar-refractivity contribution in [3.63, 3.8) is 0 Å². The van der Waals surface area contributed by atoms with Crippen molar-refractivity contribution >= 4 is 11.6 Å². The standard InChI is InChI=1S/C12H10F4O2/c1-6-3-9(14)7(4-8(6)13)10(17)5-11(18)12(2,15)16/h3-4H,5H2,1-2H3. The largest absolute Gasteiger partial charge is 0.303 e. The maximum absolute atomic E-state index is 13.3. The first-order chi connectivity index (χ1) is 8.12. The lowest BCUT2D eigenvalue weighted by Crippen LogP contribution is -2.27. The normalized spacial score (nSPS) is 11.4. The quantitative estimate of drug-likeness (QED) is 0.474. The van der Waals surface area contributed by atoms with Crippen LogP contribution in [0.1, 0.15) is 29.3 Å². The summed E-state index contributed by atoms with van der Waals surface area (Å²) in [4.78, 5) is 22.3. The summed E-state index contributed by atoms with van der Waals surface area (Å²) in [6.07, 6.45) is -1.16. The number of hydrogen-bond donors (Lipinski definition) is 0. The highest BCUT2D eigenvalue weighted by atomic mass is 19.3. The molecule has 0 N–H and O–H groups in total. The molecule has 0 bridgehead atoms. The fraction of sp³-hybridized carbons (Fsp3) is 0.333. The first-order valence-electron chi connectivity index (χ1n) is 5.03. The summed E-state index contributed by atoms with van der Waals surface area (Å²) in [5, 5.41) is 0. The number of carbonyl (C=O) groups excluding carboxylic acids is 2. The zero-order chi connectivity index (χ0) is 14.1. The van der Waals surface area contributed by atoms with E-state index in [0.717, 1.165) is 6.07 Å². The number of aryl methyl sites for hydroxylation is 1. The van der Waals surface area contributed by atoms with Crippen LogP contribution in [-0.4, -0.2) is 17.5 Å². The molecule has 6 heteroatoms. The number of ketones is 2. The zero-order valence-electron chi connectivity index (χ0n) is 9.69. The van der Waals surface area contributed by atoms with Crippen molar-refractivity contribution in [1.82, 2.24) is 0 Å².